The third-order valence-corrected chi connectivity index (χ3v) is 6.48. The third kappa shape index (κ3) is 5.17. The monoisotopic (exact) mass is 495 g/mol. The lowest BCUT2D eigenvalue weighted by atomic mass is 10.0. The standard InChI is InChI=1S/C19H21N5O7S2/c1-4-5-30-18(28)14-10(6-31-9(2)25)7-32-17-13(16(27)24(14)17)22-15(26)12(23-29-3)11-8-33-19(20)21-11/h4,8,13,17H,1,5-7H2,2-3H3,(H2,20,21)(H,22,26)/b23-12-/t13?,17-/m1/s1. The zero-order valence-electron chi connectivity index (χ0n) is 17.7. The summed E-state index contributed by atoms with van der Waals surface area (Å²) < 4.78 is 10.1. The van der Waals surface area contributed by atoms with Gasteiger partial charge >= 0.3 is 11.9 Å². The van der Waals surface area contributed by atoms with Gasteiger partial charge in [0, 0.05) is 23.6 Å². The van der Waals surface area contributed by atoms with Crippen molar-refractivity contribution < 1.29 is 33.5 Å². The van der Waals surface area contributed by atoms with Gasteiger partial charge in [0.25, 0.3) is 11.8 Å². The molecule has 1 aromatic rings. The smallest absolute Gasteiger partial charge is 0.355 e. The highest BCUT2D eigenvalue weighted by molar-refractivity contribution is 8.00. The van der Waals surface area contributed by atoms with E-state index in [0.717, 1.165) is 11.3 Å². The van der Waals surface area contributed by atoms with Gasteiger partial charge in [0.15, 0.2) is 10.8 Å². The number of esters is 2. The van der Waals surface area contributed by atoms with Crippen molar-refractivity contribution in [2.24, 2.45) is 5.16 Å². The summed E-state index contributed by atoms with van der Waals surface area (Å²) in [5.41, 5.74) is 6.11. The predicted molar refractivity (Wildman–Crippen MR) is 120 cm³/mol. The lowest BCUT2D eigenvalue weighted by molar-refractivity contribution is -0.152. The summed E-state index contributed by atoms with van der Waals surface area (Å²) >= 11 is 2.43. The van der Waals surface area contributed by atoms with Gasteiger partial charge in [-0.3, -0.25) is 19.3 Å². The molecule has 0 aromatic carbocycles. The van der Waals surface area contributed by atoms with E-state index in [4.69, 9.17) is 20.0 Å². The van der Waals surface area contributed by atoms with Crippen LogP contribution in [0, 0.1) is 0 Å². The van der Waals surface area contributed by atoms with E-state index in [-0.39, 0.29) is 41.2 Å². The lowest BCUT2D eigenvalue weighted by Gasteiger charge is -2.49. The first-order valence-corrected chi connectivity index (χ1v) is 11.4. The largest absolute Gasteiger partial charge is 0.461 e. The Morgan fingerprint density at radius 2 is 2.18 bits per heavy atom. The van der Waals surface area contributed by atoms with Crippen LogP contribution in [0.2, 0.25) is 0 Å². The molecule has 2 amide bonds. The van der Waals surface area contributed by atoms with Crippen LogP contribution >= 0.6 is 23.1 Å². The van der Waals surface area contributed by atoms with Crippen LogP contribution in [-0.4, -0.2) is 76.8 Å². The van der Waals surface area contributed by atoms with Gasteiger partial charge in [-0.15, -0.1) is 23.1 Å². The van der Waals surface area contributed by atoms with Crippen molar-refractivity contribution in [2.45, 2.75) is 18.3 Å². The molecule has 1 fully saturated rings. The first kappa shape index (κ1) is 24.3. The summed E-state index contributed by atoms with van der Waals surface area (Å²) in [5.74, 6) is -2.21. The molecule has 3 heterocycles. The Bertz CT molecular complexity index is 1050. The van der Waals surface area contributed by atoms with Crippen LogP contribution in [0.25, 0.3) is 0 Å². The van der Waals surface area contributed by atoms with Crippen LogP contribution in [0.3, 0.4) is 0 Å². The number of ether oxygens (including phenoxy) is 2. The number of oxime groups is 1. The molecular weight excluding hydrogens is 474 g/mol. The number of nitrogens with one attached hydrogen (secondary N) is 1. The van der Waals surface area contributed by atoms with Crippen LogP contribution < -0.4 is 11.1 Å². The van der Waals surface area contributed by atoms with Gasteiger partial charge in [-0.1, -0.05) is 17.8 Å². The van der Waals surface area contributed by atoms with Crippen molar-refractivity contribution >= 4 is 57.7 Å². The number of thioether (sulfide) groups is 1. The van der Waals surface area contributed by atoms with Crippen molar-refractivity contribution in [3.63, 3.8) is 0 Å². The highest BCUT2D eigenvalue weighted by atomic mass is 32.2. The van der Waals surface area contributed by atoms with Crippen LogP contribution in [-0.2, 0) is 33.5 Å². The highest BCUT2D eigenvalue weighted by Gasteiger charge is 2.54. The molecule has 0 bridgehead atoms. The summed E-state index contributed by atoms with van der Waals surface area (Å²) in [6.07, 6.45) is 1.39. The van der Waals surface area contributed by atoms with Gasteiger partial charge in [-0.25, -0.2) is 9.78 Å². The zero-order chi connectivity index (χ0) is 24.1. The van der Waals surface area contributed by atoms with Gasteiger partial charge in [-0.2, -0.15) is 0 Å². The Morgan fingerprint density at radius 3 is 2.79 bits per heavy atom. The molecule has 12 nitrogen and oxygen atoms in total. The van der Waals surface area contributed by atoms with Crippen LogP contribution in [0.15, 0.2) is 34.5 Å². The minimum atomic E-state index is -0.932. The molecule has 0 spiro atoms. The predicted octanol–water partition coefficient (Wildman–Crippen LogP) is 0.0221. The van der Waals surface area contributed by atoms with Crippen molar-refractivity contribution in [1.82, 2.24) is 15.2 Å². The second-order valence-corrected chi connectivity index (χ2v) is 8.67. The molecule has 2 aliphatic rings. The number of fused-ring (bicyclic) bond motifs is 1. The minimum absolute atomic E-state index is 0.00425. The van der Waals surface area contributed by atoms with Crippen molar-refractivity contribution in [3.8, 4) is 0 Å². The second kappa shape index (κ2) is 10.5. The molecule has 0 radical (unpaired) electrons. The first-order chi connectivity index (χ1) is 15.8. The van der Waals surface area contributed by atoms with E-state index in [9.17, 15) is 19.2 Å². The van der Waals surface area contributed by atoms with Crippen molar-refractivity contribution in [2.75, 3.05) is 31.8 Å². The Hall–Kier alpha value is -3.39. The Labute approximate surface area is 196 Å². The number of anilines is 1. The summed E-state index contributed by atoms with van der Waals surface area (Å²) in [4.78, 5) is 59.6. The number of thiazole rings is 1. The summed E-state index contributed by atoms with van der Waals surface area (Å²) in [6.45, 7) is 4.51. The van der Waals surface area contributed by atoms with E-state index in [2.05, 4.69) is 22.0 Å². The topological polar surface area (TPSA) is 163 Å². The number of nitrogens with two attached hydrogens (primary N) is 1. The average Bonchev–Trinajstić information content (AvgIpc) is 3.22. The Morgan fingerprint density at radius 1 is 1.42 bits per heavy atom. The molecule has 3 N–H and O–H groups in total. The number of nitrogen functional groups attached to an aromatic ring is 1. The minimum Gasteiger partial charge on any atom is -0.461 e. The Balaban J connectivity index is 1.80. The van der Waals surface area contributed by atoms with Crippen molar-refractivity contribution in [3.05, 3.63) is 35.0 Å². The fourth-order valence-electron chi connectivity index (χ4n) is 3.08. The highest BCUT2D eigenvalue weighted by Crippen LogP contribution is 2.40. The molecule has 1 aromatic heterocycles. The molecule has 2 aliphatic heterocycles. The normalized spacial score (nSPS) is 19.9. The molecule has 0 aliphatic carbocycles. The van der Waals surface area contributed by atoms with Crippen LogP contribution in [0.1, 0.15) is 12.6 Å². The molecule has 0 saturated carbocycles. The van der Waals surface area contributed by atoms with Gasteiger partial charge < -0.3 is 25.4 Å². The van der Waals surface area contributed by atoms with Gasteiger partial charge in [-0.05, 0) is 0 Å². The number of aromatic nitrogens is 1. The van der Waals surface area contributed by atoms with Gasteiger partial charge in [0.1, 0.15) is 43.1 Å². The number of carbonyl (C=O) groups is 4. The SMILES string of the molecule is C=CCOC(=O)C1=C(COC(C)=O)CS[C@@H]2C(NC(=O)/C(=N\OC)c3csc(N)n3)C(=O)N12. The average molecular weight is 496 g/mol. The van der Waals surface area contributed by atoms with Gasteiger partial charge in [0.2, 0.25) is 0 Å². The Kier molecular flexibility index (Phi) is 7.71. The van der Waals surface area contributed by atoms with E-state index in [1.165, 1.54) is 42.2 Å². The number of rotatable bonds is 9. The number of hydrogen-bond donors (Lipinski definition) is 2. The molecule has 1 unspecified atom stereocenters. The number of nitrogens with zero attached hydrogens (tertiary/aromatic N) is 3. The van der Waals surface area contributed by atoms with E-state index >= 15 is 0 Å². The lowest BCUT2D eigenvalue weighted by Crippen LogP contribution is -2.71. The molecule has 176 valence electrons. The van der Waals surface area contributed by atoms with Crippen LogP contribution in [0.4, 0.5) is 5.13 Å². The van der Waals surface area contributed by atoms with Crippen LogP contribution in [0.5, 0.6) is 0 Å². The van der Waals surface area contributed by atoms with E-state index < -0.39 is 35.2 Å². The summed E-state index contributed by atoms with van der Waals surface area (Å²) in [5, 5.41) is 7.51. The fraction of sp³-hybridized carbons (Fsp3) is 0.368. The maximum absolute atomic E-state index is 12.9. The molecule has 14 heteroatoms. The maximum atomic E-state index is 12.9. The molecule has 1 saturated heterocycles. The van der Waals surface area contributed by atoms with E-state index in [1.54, 1.807) is 0 Å². The maximum Gasteiger partial charge on any atom is 0.355 e. The number of β-lactam (4-membered cyclic amide) rings is 1. The van der Waals surface area contributed by atoms with E-state index in [0.29, 0.717) is 5.57 Å². The quantitative estimate of drug-likeness (QED) is 0.157. The van der Waals surface area contributed by atoms with Gasteiger partial charge in [0.05, 0.1) is 0 Å². The first-order valence-electron chi connectivity index (χ1n) is 9.49. The fourth-order valence-corrected chi connectivity index (χ4v) is 4.95. The molecule has 2 atom stereocenters. The summed E-state index contributed by atoms with van der Waals surface area (Å²) in [6, 6.07) is -0.932. The number of hydrogen-bond acceptors (Lipinski definition) is 12. The zero-order valence-corrected chi connectivity index (χ0v) is 19.4. The molecular formula is C19H21N5O7S2. The van der Waals surface area contributed by atoms with Crippen molar-refractivity contribution in [1.29, 1.82) is 0 Å². The molecule has 33 heavy (non-hydrogen) atoms. The number of carbonyl (C=O) groups excluding carboxylic acids is 4. The van der Waals surface area contributed by atoms with E-state index in [1.807, 2.05) is 0 Å². The third-order valence-electron chi connectivity index (χ3n) is 4.47. The molecule has 3 rings (SSSR count). The second-order valence-electron chi connectivity index (χ2n) is 6.67. The summed E-state index contributed by atoms with van der Waals surface area (Å²) in [7, 11) is 1.27. The number of amides is 2.